The summed E-state index contributed by atoms with van der Waals surface area (Å²) in [7, 11) is 1.58. The van der Waals surface area contributed by atoms with Crippen molar-refractivity contribution < 1.29 is 27.9 Å². The van der Waals surface area contributed by atoms with Gasteiger partial charge in [0.05, 0.1) is 40.0 Å². The van der Waals surface area contributed by atoms with Crippen molar-refractivity contribution in [2.75, 3.05) is 41.0 Å². The first kappa shape index (κ1) is 41.5. The summed E-state index contributed by atoms with van der Waals surface area (Å²) in [6, 6.07) is 0. The van der Waals surface area contributed by atoms with Crippen LogP contribution in [0.2, 0.25) is 0 Å². The Labute approximate surface area is 261 Å². The Bertz CT molecular complexity index is 726. The molecule has 0 aliphatic carbocycles. The van der Waals surface area contributed by atoms with E-state index in [0.717, 1.165) is 19.3 Å². The van der Waals surface area contributed by atoms with Gasteiger partial charge in [0.1, 0.15) is 6.10 Å². The fraction of sp³-hybridized carbons (Fsp3) is 0.886. The van der Waals surface area contributed by atoms with Gasteiger partial charge in [0.15, 0.2) is 13.4 Å². The van der Waals surface area contributed by atoms with Gasteiger partial charge in [-0.2, -0.15) is 0 Å². The number of rotatable bonds is 28. The number of ether oxygens (including phenoxy) is 2. The molecule has 7 heteroatoms. The summed E-state index contributed by atoms with van der Waals surface area (Å²) in [5, 5.41) is 0. The number of allylic oxidation sites excluding steroid dienone is 4. The molecule has 0 radical (unpaired) electrons. The Morgan fingerprint density at radius 1 is 0.714 bits per heavy atom. The van der Waals surface area contributed by atoms with Crippen LogP contribution in [0.25, 0.3) is 0 Å². The van der Waals surface area contributed by atoms with Crippen LogP contribution in [0.1, 0.15) is 144 Å². The molecule has 0 bridgehead atoms. The average molecular weight is 616 g/mol. The van der Waals surface area contributed by atoms with Crippen molar-refractivity contribution in [2.24, 2.45) is 0 Å². The average Bonchev–Trinajstić information content (AvgIpc) is 2.88. The lowest BCUT2D eigenvalue weighted by molar-refractivity contribution is -0.884. The molecule has 0 heterocycles. The fourth-order valence-electron chi connectivity index (χ4n) is 5.14. The summed E-state index contributed by atoms with van der Waals surface area (Å²) in [5.74, 6) is -0.589. The predicted octanol–water partition coefficient (Wildman–Crippen LogP) is 9.57. The van der Waals surface area contributed by atoms with Gasteiger partial charge in [-0.1, -0.05) is 89.5 Å². The number of nitrogens with zero attached hydrogens (tertiary/aromatic N) is 1. The normalized spacial score (nSPS) is 15.9. The van der Waals surface area contributed by atoms with Gasteiger partial charge in [0.25, 0.3) is 0 Å². The third kappa shape index (κ3) is 24.9. The van der Waals surface area contributed by atoms with Gasteiger partial charge in [-0.05, 0) is 72.1 Å². The lowest BCUT2D eigenvalue weighted by Crippen LogP contribution is -2.47. The van der Waals surface area contributed by atoms with E-state index < -0.39 is 25.1 Å². The topological polar surface area (TPSA) is 67.8 Å². The molecule has 0 aromatic rings. The van der Waals surface area contributed by atoms with E-state index in [9.17, 15) is 9.46 Å². The molecule has 0 fully saturated rings. The Morgan fingerprint density at radius 3 is 1.60 bits per heavy atom. The highest BCUT2D eigenvalue weighted by Crippen LogP contribution is 2.47. The molecular weight excluding hydrogens is 545 g/mol. The number of hydrogen-bond donors (Lipinski definition) is 0. The highest BCUT2D eigenvalue weighted by atomic mass is 31.2. The van der Waals surface area contributed by atoms with Crippen LogP contribution in [0.3, 0.4) is 0 Å². The third-order valence-corrected chi connectivity index (χ3v) is 9.64. The van der Waals surface area contributed by atoms with Crippen LogP contribution < -0.4 is 4.89 Å². The summed E-state index contributed by atoms with van der Waals surface area (Å²) in [6.45, 7) is 10.9. The molecule has 0 saturated carbocycles. The highest BCUT2D eigenvalue weighted by molar-refractivity contribution is 7.51. The minimum atomic E-state index is -4.05. The molecule has 42 heavy (non-hydrogen) atoms. The Hall–Kier alpha value is -0.490. The van der Waals surface area contributed by atoms with Crippen LogP contribution >= 0.6 is 7.60 Å². The second-order valence-electron chi connectivity index (χ2n) is 13.8. The largest absolute Gasteiger partial charge is 0.774 e. The maximum Gasteiger partial charge on any atom is 0.193 e. The van der Waals surface area contributed by atoms with Crippen molar-refractivity contribution >= 4 is 7.60 Å². The zero-order valence-electron chi connectivity index (χ0n) is 29.0. The monoisotopic (exact) mass is 615 g/mol. The molecule has 0 spiro atoms. The quantitative estimate of drug-likeness (QED) is 0.0379. The fourth-order valence-corrected chi connectivity index (χ4v) is 6.99. The summed E-state index contributed by atoms with van der Waals surface area (Å²) in [5.41, 5.74) is -0.412. The maximum atomic E-state index is 12.8. The van der Waals surface area contributed by atoms with E-state index in [1.54, 1.807) is 0 Å². The summed E-state index contributed by atoms with van der Waals surface area (Å²) < 4.78 is 30.6. The Kier molecular flexibility index (Phi) is 24.5. The SMILES string of the molecule is CCCC/C=C\CCCCCCCCCC/C=C\CCCCOC[C@H](COP(=O)([O-])C(CC)[N+](C)(C)C)OC(C)(C)C. The van der Waals surface area contributed by atoms with Crippen LogP contribution in [0.5, 0.6) is 0 Å². The van der Waals surface area contributed by atoms with Crippen LogP contribution in [-0.4, -0.2) is 62.9 Å². The maximum absolute atomic E-state index is 12.8. The summed E-state index contributed by atoms with van der Waals surface area (Å²) in [4.78, 5) is 12.8. The first-order valence-corrected chi connectivity index (χ1v) is 18.8. The molecule has 0 aromatic carbocycles. The molecule has 0 aromatic heterocycles. The molecule has 0 N–H and O–H groups in total. The lowest BCUT2D eigenvalue weighted by atomic mass is 10.1. The standard InChI is InChI=1S/C35H70NO5P/c1-9-11-12-13-14-15-16-17-18-19-20-21-22-23-24-25-26-27-28-29-30-39-31-33(41-35(3,4)5)32-40-42(37,38)34(10-2)36(6,7)8/h13-14,25-26,33-34H,9-12,15-24,27-32H2,1-8H3/b14-13-,26-25-/t33-,34?/m1/s1. The van der Waals surface area contributed by atoms with Gasteiger partial charge in [-0.25, -0.2) is 0 Å². The van der Waals surface area contributed by atoms with Crippen molar-refractivity contribution in [3.05, 3.63) is 24.3 Å². The van der Waals surface area contributed by atoms with E-state index in [2.05, 4.69) is 31.2 Å². The van der Waals surface area contributed by atoms with Crippen molar-refractivity contribution in [2.45, 2.75) is 161 Å². The molecule has 3 atom stereocenters. The van der Waals surface area contributed by atoms with Crippen LogP contribution in [-0.2, 0) is 18.6 Å². The number of unbranched alkanes of at least 4 members (excludes halogenated alkanes) is 13. The first-order chi connectivity index (χ1) is 19.8. The minimum Gasteiger partial charge on any atom is -0.774 e. The Morgan fingerprint density at radius 2 is 1.17 bits per heavy atom. The molecule has 0 aliphatic heterocycles. The Balaban J connectivity index is 3.91. The molecule has 2 unspecified atom stereocenters. The minimum absolute atomic E-state index is 0.0195. The highest BCUT2D eigenvalue weighted by Gasteiger charge is 2.34. The van der Waals surface area contributed by atoms with Crippen LogP contribution in [0, 0.1) is 0 Å². The van der Waals surface area contributed by atoms with Gasteiger partial charge in [-0.15, -0.1) is 0 Å². The van der Waals surface area contributed by atoms with E-state index in [0.29, 0.717) is 24.1 Å². The smallest absolute Gasteiger partial charge is 0.193 e. The van der Waals surface area contributed by atoms with Gasteiger partial charge < -0.3 is 27.9 Å². The van der Waals surface area contributed by atoms with Crippen LogP contribution in [0.15, 0.2) is 24.3 Å². The van der Waals surface area contributed by atoms with Gasteiger partial charge in [0, 0.05) is 13.0 Å². The summed E-state index contributed by atoms with van der Waals surface area (Å²) in [6.07, 6.45) is 29.8. The first-order valence-electron chi connectivity index (χ1n) is 17.2. The van der Waals surface area contributed by atoms with E-state index in [-0.39, 0.29) is 6.61 Å². The van der Waals surface area contributed by atoms with E-state index in [4.69, 9.17) is 14.0 Å². The predicted molar refractivity (Wildman–Crippen MR) is 179 cm³/mol. The van der Waals surface area contributed by atoms with Crippen molar-refractivity contribution in [3.8, 4) is 0 Å². The number of hydrogen-bond acceptors (Lipinski definition) is 5. The van der Waals surface area contributed by atoms with Crippen molar-refractivity contribution in [1.29, 1.82) is 0 Å². The van der Waals surface area contributed by atoms with Crippen molar-refractivity contribution in [1.82, 2.24) is 0 Å². The van der Waals surface area contributed by atoms with Gasteiger partial charge in [0.2, 0.25) is 0 Å². The zero-order valence-corrected chi connectivity index (χ0v) is 29.9. The zero-order chi connectivity index (χ0) is 31.7. The van der Waals surface area contributed by atoms with Gasteiger partial charge >= 0.3 is 0 Å². The second kappa shape index (κ2) is 24.8. The van der Waals surface area contributed by atoms with E-state index in [1.165, 1.54) is 83.5 Å². The molecule has 0 aliphatic rings. The van der Waals surface area contributed by atoms with E-state index >= 15 is 0 Å². The van der Waals surface area contributed by atoms with E-state index in [1.807, 2.05) is 48.8 Å². The molecule has 0 rings (SSSR count). The molecule has 6 nitrogen and oxygen atoms in total. The van der Waals surface area contributed by atoms with Gasteiger partial charge in [-0.3, -0.25) is 0 Å². The summed E-state index contributed by atoms with van der Waals surface area (Å²) >= 11 is 0. The number of quaternary nitrogens is 1. The molecular formula is C35H70NO5P. The third-order valence-electron chi connectivity index (χ3n) is 7.35. The van der Waals surface area contributed by atoms with Crippen molar-refractivity contribution in [3.63, 3.8) is 0 Å². The molecule has 250 valence electrons. The second-order valence-corrected chi connectivity index (χ2v) is 15.7. The molecule has 0 amide bonds. The molecule has 0 saturated heterocycles. The van der Waals surface area contributed by atoms with Crippen LogP contribution in [0.4, 0.5) is 0 Å². The lowest BCUT2D eigenvalue weighted by Gasteiger charge is -2.41.